The van der Waals surface area contributed by atoms with Gasteiger partial charge in [-0.05, 0) is 58.9 Å². The predicted octanol–water partition coefficient (Wildman–Crippen LogP) is 5.47. The molecule has 0 aromatic heterocycles. The van der Waals surface area contributed by atoms with Crippen LogP contribution < -0.4 is 5.32 Å². The third kappa shape index (κ3) is 5.57. The lowest BCUT2D eigenvalue weighted by molar-refractivity contribution is -0.118. The first-order valence-electron chi connectivity index (χ1n) is 11.5. The van der Waals surface area contributed by atoms with Crippen molar-refractivity contribution in [2.45, 2.75) is 38.0 Å². The molecule has 34 heavy (non-hydrogen) atoms. The molecule has 3 aromatic carbocycles. The van der Waals surface area contributed by atoms with Gasteiger partial charge in [0.2, 0.25) is 5.91 Å². The molecule has 1 aliphatic rings. The molecule has 5 nitrogen and oxygen atoms in total. The lowest BCUT2D eigenvalue weighted by Gasteiger charge is -2.21. The second kappa shape index (κ2) is 10.7. The average molecular weight is 473 g/mol. The lowest BCUT2D eigenvalue weighted by Crippen LogP contribution is -2.28. The van der Waals surface area contributed by atoms with Gasteiger partial charge < -0.3 is 4.90 Å². The maximum absolute atomic E-state index is 13.1. The van der Waals surface area contributed by atoms with Gasteiger partial charge >= 0.3 is 0 Å². The van der Waals surface area contributed by atoms with E-state index < -0.39 is 5.25 Å². The number of carbonyl (C=O) groups is 3. The predicted molar refractivity (Wildman–Crippen MR) is 137 cm³/mol. The van der Waals surface area contributed by atoms with Gasteiger partial charge in [-0.1, -0.05) is 79.7 Å². The summed E-state index contributed by atoms with van der Waals surface area (Å²) in [5.74, 6) is -0.313. The number of hydrogen-bond acceptors (Lipinski definition) is 4. The van der Waals surface area contributed by atoms with Crippen LogP contribution in [0, 0.1) is 0 Å². The molecule has 1 atom stereocenters. The van der Waals surface area contributed by atoms with E-state index in [-0.39, 0.29) is 17.1 Å². The highest BCUT2D eigenvalue weighted by molar-refractivity contribution is 8.15. The Bertz CT molecular complexity index is 1190. The van der Waals surface area contributed by atoms with Crippen LogP contribution >= 0.6 is 11.8 Å². The zero-order valence-electron chi connectivity index (χ0n) is 19.4. The van der Waals surface area contributed by atoms with Gasteiger partial charge in [-0.15, -0.1) is 0 Å². The van der Waals surface area contributed by atoms with Crippen LogP contribution in [-0.4, -0.2) is 34.3 Å². The van der Waals surface area contributed by atoms with Gasteiger partial charge in [0, 0.05) is 19.2 Å². The van der Waals surface area contributed by atoms with E-state index in [4.69, 9.17) is 0 Å². The van der Waals surface area contributed by atoms with E-state index in [1.165, 1.54) is 5.56 Å². The Kier molecular flexibility index (Phi) is 7.48. The van der Waals surface area contributed by atoms with Gasteiger partial charge in [-0.25, -0.2) is 0 Å². The number of carbonyl (C=O) groups excluding carboxylic acids is 3. The minimum absolute atomic E-state index is 0.0534. The van der Waals surface area contributed by atoms with Crippen molar-refractivity contribution in [2.24, 2.45) is 0 Å². The molecule has 4 rings (SSSR count). The van der Waals surface area contributed by atoms with E-state index >= 15 is 0 Å². The number of nitrogens with zero attached hydrogens (tertiary/aromatic N) is 1. The SMILES string of the molecule is CCCc1ccc(C(=O)N(C)Cc2cc(-c3ccccc3)ccc2CC2SC(=O)NC2=O)cc1. The Labute approximate surface area is 204 Å². The number of imide groups is 1. The third-order valence-electron chi connectivity index (χ3n) is 5.98. The summed E-state index contributed by atoms with van der Waals surface area (Å²) in [5.41, 5.74) is 5.93. The number of thioether (sulfide) groups is 1. The maximum atomic E-state index is 13.1. The minimum atomic E-state index is -0.457. The Balaban J connectivity index is 1.59. The number of benzene rings is 3. The first kappa shape index (κ1) is 23.8. The van der Waals surface area contributed by atoms with Crippen LogP contribution in [0.5, 0.6) is 0 Å². The van der Waals surface area contributed by atoms with E-state index in [1.54, 1.807) is 11.9 Å². The van der Waals surface area contributed by atoms with Gasteiger partial charge in [-0.3, -0.25) is 19.7 Å². The summed E-state index contributed by atoms with van der Waals surface area (Å²) in [7, 11) is 1.79. The summed E-state index contributed by atoms with van der Waals surface area (Å²) >= 11 is 1.02. The molecule has 0 aliphatic carbocycles. The molecule has 1 saturated heterocycles. The zero-order chi connectivity index (χ0) is 24.1. The molecule has 0 radical (unpaired) electrons. The highest BCUT2D eigenvalue weighted by Gasteiger charge is 2.32. The van der Waals surface area contributed by atoms with Crippen LogP contribution in [0.2, 0.25) is 0 Å². The highest BCUT2D eigenvalue weighted by Crippen LogP contribution is 2.28. The summed E-state index contributed by atoms with van der Waals surface area (Å²) in [4.78, 5) is 38.6. The van der Waals surface area contributed by atoms with Crippen LogP contribution in [-0.2, 0) is 24.2 Å². The number of rotatable bonds is 8. The average Bonchev–Trinajstić information content (AvgIpc) is 3.17. The van der Waals surface area contributed by atoms with Crippen molar-refractivity contribution in [1.29, 1.82) is 0 Å². The number of hydrogen-bond donors (Lipinski definition) is 1. The zero-order valence-corrected chi connectivity index (χ0v) is 20.2. The fourth-order valence-corrected chi connectivity index (χ4v) is 5.01. The molecule has 0 bridgehead atoms. The highest BCUT2D eigenvalue weighted by atomic mass is 32.2. The van der Waals surface area contributed by atoms with E-state index in [2.05, 4.69) is 18.3 Å². The van der Waals surface area contributed by atoms with Gasteiger partial charge in [0.15, 0.2) is 0 Å². The van der Waals surface area contributed by atoms with Crippen molar-refractivity contribution >= 4 is 28.8 Å². The quantitative estimate of drug-likeness (QED) is 0.472. The van der Waals surface area contributed by atoms with Crippen molar-refractivity contribution in [1.82, 2.24) is 10.2 Å². The topological polar surface area (TPSA) is 66.5 Å². The molecule has 0 saturated carbocycles. The monoisotopic (exact) mass is 472 g/mol. The number of aryl methyl sites for hydroxylation is 1. The molecule has 3 aromatic rings. The van der Waals surface area contributed by atoms with Crippen LogP contribution in [0.4, 0.5) is 4.79 Å². The van der Waals surface area contributed by atoms with Crippen molar-refractivity contribution in [3.63, 3.8) is 0 Å². The molecule has 1 aliphatic heterocycles. The molecular formula is C28H28N2O3S. The second-order valence-corrected chi connectivity index (χ2v) is 9.72. The smallest absolute Gasteiger partial charge is 0.286 e. The fraction of sp³-hybridized carbons (Fsp3) is 0.250. The van der Waals surface area contributed by atoms with Crippen LogP contribution in [0.15, 0.2) is 72.8 Å². The largest absolute Gasteiger partial charge is 0.337 e. The van der Waals surface area contributed by atoms with Crippen molar-refractivity contribution < 1.29 is 14.4 Å². The summed E-state index contributed by atoms with van der Waals surface area (Å²) in [6, 6.07) is 24.0. The second-order valence-electron chi connectivity index (χ2n) is 8.54. The molecule has 3 amide bonds. The summed E-state index contributed by atoms with van der Waals surface area (Å²) < 4.78 is 0. The van der Waals surface area contributed by atoms with Crippen LogP contribution in [0.1, 0.15) is 40.4 Å². The summed E-state index contributed by atoms with van der Waals surface area (Å²) in [6.07, 6.45) is 2.49. The fourth-order valence-electron chi connectivity index (χ4n) is 4.16. The van der Waals surface area contributed by atoms with Gasteiger partial charge in [-0.2, -0.15) is 0 Å². The Hall–Kier alpha value is -3.38. The van der Waals surface area contributed by atoms with Crippen molar-refractivity contribution in [3.8, 4) is 11.1 Å². The first-order valence-corrected chi connectivity index (χ1v) is 12.4. The Morgan fingerprint density at radius 1 is 0.941 bits per heavy atom. The molecule has 174 valence electrons. The molecular weight excluding hydrogens is 444 g/mol. The standard InChI is InChI=1S/C28H28N2O3S/c1-3-7-19-10-12-21(13-11-19)27(32)30(2)18-24-16-22(20-8-5-4-6-9-20)14-15-23(24)17-25-26(31)29-28(33)34-25/h4-6,8-16,25H,3,7,17-18H2,1-2H3,(H,29,31,33). The molecule has 1 fully saturated rings. The molecule has 1 unspecified atom stereocenters. The van der Waals surface area contributed by atoms with Crippen LogP contribution in [0.25, 0.3) is 11.1 Å². The van der Waals surface area contributed by atoms with Gasteiger partial charge in [0.1, 0.15) is 0 Å². The third-order valence-corrected chi connectivity index (χ3v) is 6.96. The molecule has 0 spiro atoms. The van der Waals surface area contributed by atoms with Crippen LogP contribution in [0.3, 0.4) is 0 Å². The number of amides is 3. The molecule has 6 heteroatoms. The van der Waals surface area contributed by atoms with Gasteiger partial charge in [0.25, 0.3) is 11.1 Å². The van der Waals surface area contributed by atoms with Crippen molar-refractivity contribution in [2.75, 3.05) is 7.05 Å². The van der Waals surface area contributed by atoms with Gasteiger partial charge in [0.05, 0.1) is 5.25 Å². The van der Waals surface area contributed by atoms with E-state index in [0.717, 1.165) is 46.9 Å². The molecule has 1 N–H and O–H groups in total. The first-order chi connectivity index (χ1) is 16.4. The van der Waals surface area contributed by atoms with E-state index in [0.29, 0.717) is 18.5 Å². The summed E-state index contributed by atoms with van der Waals surface area (Å²) in [6.45, 7) is 2.54. The van der Waals surface area contributed by atoms with E-state index in [9.17, 15) is 14.4 Å². The minimum Gasteiger partial charge on any atom is -0.337 e. The Morgan fingerprint density at radius 3 is 2.32 bits per heavy atom. The summed E-state index contributed by atoms with van der Waals surface area (Å²) in [5, 5.41) is 1.59. The molecule has 1 heterocycles. The maximum Gasteiger partial charge on any atom is 0.286 e. The van der Waals surface area contributed by atoms with E-state index in [1.807, 2.05) is 66.7 Å². The lowest BCUT2D eigenvalue weighted by atomic mass is 9.96. The van der Waals surface area contributed by atoms with Crippen molar-refractivity contribution in [3.05, 3.63) is 95.1 Å². The number of nitrogens with one attached hydrogen (secondary N) is 1. The normalized spacial score (nSPS) is 15.3. The Morgan fingerprint density at radius 2 is 1.68 bits per heavy atom.